The summed E-state index contributed by atoms with van der Waals surface area (Å²) in [7, 11) is 0. The van der Waals surface area contributed by atoms with E-state index >= 15 is 0 Å². The summed E-state index contributed by atoms with van der Waals surface area (Å²) in [5.41, 5.74) is 3.20. The van der Waals surface area contributed by atoms with Crippen LogP contribution >= 0.6 is 54.5 Å². The second-order valence-corrected chi connectivity index (χ2v) is 15.2. The number of halogens is 2. The quantitative estimate of drug-likeness (QED) is 0.113. The van der Waals surface area contributed by atoms with Crippen molar-refractivity contribution in [1.82, 2.24) is 0 Å². The molecule has 4 heteroatoms. The van der Waals surface area contributed by atoms with Gasteiger partial charge in [0.1, 0.15) is 0 Å². The molecule has 2 aromatic heterocycles. The lowest BCUT2D eigenvalue weighted by atomic mass is 10.0. The van der Waals surface area contributed by atoms with Crippen molar-refractivity contribution in [3.63, 3.8) is 0 Å². The highest BCUT2D eigenvalue weighted by molar-refractivity contribution is 9.11. The van der Waals surface area contributed by atoms with Gasteiger partial charge in [-0.1, -0.05) is 129 Å². The molecule has 0 aliphatic heterocycles. The van der Waals surface area contributed by atoms with E-state index in [9.17, 15) is 0 Å². The molecule has 0 aromatic carbocycles. The van der Waals surface area contributed by atoms with Gasteiger partial charge in [0.2, 0.25) is 0 Å². The van der Waals surface area contributed by atoms with Crippen LogP contribution in [0.1, 0.15) is 153 Å². The Hall–Kier alpha value is 0.620. The van der Waals surface area contributed by atoms with Crippen molar-refractivity contribution in [2.75, 3.05) is 0 Å². The summed E-state index contributed by atoms with van der Waals surface area (Å²) in [5, 5.41) is 1.60. The average Bonchev–Trinajstić information content (AvgIpc) is 3.29. The van der Waals surface area contributed by atoms with Crippen molar-refractivity contribution in [1.29, 1.82) is 0 Å². The van der Waals surface area contributed by atoms with E-state index in [1.165, 1.54) is 153 Å². The summed E-state index contributed by atoms with van der Waals surface area (Å²) in [6.07, 6.45) is 30.7. The van der Waals surface area contributed by atoms with E-state index in [2.05, 4.69) is 45.7 Å². The Morgan fingerprint density at radius 2 is 0.735 bits per heavy atom. The maximum Gasteiger partial charge on any atom is 0.0894 e. The van der Waals surface area contributed by atoms with Crippen LogP contribution in [0.15, 0.2) is 7.57 Å². The molecule has 0 aliphatic rings. The lowest BCUT2D eigenvalue weighted by molar-refractivity contribution is 0.556. The number of unbranched alkanes of at least 4 members (excludes halogenated alkanes) is 18. The first-order valence-corrected chi connectivity index (χ1v) is 17.8. The van der Waals surface area contributed by atoms with E-state index in [1.807, 2.05) is 22.7 Å². The number of fused-ring (bicyclic) bond motifs is 1. The first-order valence-electron chi connectivity index (χ1n) is 14.6. The average molecular weight is 635 g/mol. The van der Waals surface area contributed by atoms with Crippen LogP contribution in [0.4, 0.5) is 0 Å². The fourth-order valence-corrected chi connectivity index (χ4v) is 9.81. The number of hydrogen-bond donors (Lipinski definition) is 0. The highest BCUT2D eigenvalue weighted by atomic mass is 79.9. The molecule has 0 fully saturated rings. The maximum absolute atomic E-state index is 3.91. The first-order chi connectivity index (χ1) is 16.7. The van der Waals surface area contributed by atoms with Gasteiger partial charge in [-0.2, -0.15) is 0 Å². The van der Waals surface area contributed by atoms with E-state index in [1.54, 1.807) is 16.5 Å². The fraction of sp³-hybridized carbons (Fsp3) is 0.800. The third-order valence-corrected chi connectivity index (χ3v) is 11.3. The molecular formula is C30H50Br2S2. The van der Waals surface area contributed by atoms with Crippen molar-refractivity contribution in [3.8, 4) is 0 Å². The van der Waals surface area contributed by atoms with Gasteiger partial charge >= 0.3 is 0 Å². The molecule has 0 N–H and O–H groups in total. The van der Waals surface area contributed by atoms with Gasteiger partial charge in [-0.25, -0.2) is 0 Å². The molecule has 2 heterocycles. The second-order valence-electron chi connectivity index (χ2n) is 10.2. The summed E-state index contributed by atoms with van der Waals surface area (Å²) in [6.45, 7) is 4.60. The molecule has 0 spiro atoms. The zero-order valence-corrected chi connectivity index (χ0v) is 26.9. The van der Waals surface area contributed by atoms with E-state index in [0.29, 0.717) is 0 Å². The number of hydrogen-bond acceptors (Lipinski definition) is 2. The zero-order valence-electron chi connectivity index (χ0n) is 22.1. The van der Waals surface area contributed by atoms with E-state index in [0.717, 1.165) is 0 Å². The van der Waals surface area contributed by atoms with Gasteiger partial charge in [0, 0.05) is 5.39 Å². The Bertz CT molecular complexity index is 702. The van der Waals surface area contributed by atoms with Gasteiger partial charge in [-0.3, -0.25) is 0 Å². The molecule has 0 bridgehead atoms. The molecule has 2 aromatic rings. The summed E-state index contributed by atoms with van der Waals surface area (Å²) in [5.74, 6) is 0. The maximum atomic E-state index is 3.91. The Balaban J connectivity index is 1.68. The highest BCUT2D eigenvalue weighted by Gasteiger charge is 2.19. The molecule has 0 unspecified atom stereocenters. The monoisotopic (exact) mass is 632 g/mol. The molecule has 196 valence electrons. The van der Waals surface area contributed by atoms with Gasteiger partial charge in [-0.15, -0.1) is 22.7 Å². The van der Waals surface area contributed by atoms with E-state index in [-0.39, 0.29) is 0 Å². The van der Waals surface area contributed by atoms with Crippen LogP contribution in [0.2, 0.25) is 0 Å². The van der Waals surface area contributed by atoms with E-state index < -0.39 is 0 Å². The minimum atomic E-state index is 1.24. The van der Waals surface area contributed by atoms with Crippen LogP contribution in [0.25, 0.3) is 9.40 Å². The van der Waals surface area contributed by atoms with Crippen molar-refractivity contribution >= 4 is 63.9 Å². The Labute approximate surface area is 236 Å². The van der Waals surface area contributed by atoms with Gasteiger partial charge in [0.05, 0.1) is 11.6 Å². The second kappa shape index (κ2) is 19.7. The van der Waals surface area contributed by atoms with Gasteiger partial charge < -0.3 is 0 Å². The normalized spacial score (nSPS) is 11.8. The van der Waals surface area contributed by atoms with Crippen molar-refractivity contribution in [2.45, 2.75) is 155 Å². The molecule has 2 rings (SSSR count). The SMILES string of the molecule is CCCCCCCCCCCCc1c(Br)sc2sc(Br)c(CCCCCCCCCCCC)c12. The van der Waals surface area contributed by atoms with Crippen molar-refractivity contribution < 1.29 is 0 Å². The molecular weight excluding hydrogens is 584 g/mol. The van der Waals surface area contributed by atoms with Crippen LogP contribution in [0.5, 0.6) is 0 Å². The molecule has 0 saturated heterocycles. The Kier molecular flexibility index (Phi) is 17.9. The zero-order chi connectivity index (χ0) is 24.4. The predicted octanol–water partition coefficient (Wildman–Crippen LogP) is 13.4. The Morgan fingerprint density at radius 1 is 0.441 bits per heavy atom. The largest absolute Gasteiger partial charge is 0.117 e. The first kappa shape index (κ1) is 30.8. The fourth-order valence-electron chi connectivity index (χ4n) is 5.06. The minimum Gasteiger partial charge on any atom is -0.117 e. The highest BCUT2D eigenvalue weighted by Crippen LogP contribution is 2.46. The van der Waals surface area contributed by atoms with Gasteiger partial charge in [-0.05, 0) is 68.7 Å². The third kappa shape index (κ3) is 11.8. The van der Waals surface area contributed by atoms with Gasteiger partial charge in [0.15, 0.2) is 0 Å². The number of thiophene rings is 2. The minimum absolute atomic E-state index is 1.24. The summed E-state index contributed by atoms with van der Waals surface area (Å²) in [6, 6.07) is 0. The van der Waals surface area contributed by atoms with Crippen LogP contribution in [0, 0.1) is 0 Å². The molecule has 0 radical (unpaired) electrons. The van der Waals surface area contributed by atoms with Crippen molar-refractivity contribution in [2.24, 2.45) is 0 Å². The van der Waals surface area contributed by atoms with E-state index in [4.69, 9.17) is 0 Å². The third-order valence-electron chi connectivity index (χ3n) is 7.21. The Morgan fingerprint density at radius 3 is 1.06 bits per heavy atom. The molecule has 0 atom stereocenters. The van der Waals surface area contributed by atoms with Crippen LogP contribution in [-0.4, -0.2) is 0 Å². The molecule has 0 amide bonds. The van der Waals surface area contributed by atoms with Crippen LogP contribution in [-0.2, 0) is 12.8 Å². The smallest absolute Gasteiger partial charge is 0.0894 e. The molecule has 0 aliphatic carbocycles. The molecule has 0 saturated carbocycles. The number of rotatable bonds is 22. The van der Waals surface area contributed by atoms with Crippen molar-refractivity contribution in [3.05, 3.63) is 18.7 Å². The topological polar surface area (TPSA) is 0 Å². The van der Waals surface area contributed by atoms with Crippen LogP contribution in [0.3, 0.4) is 0 Å². The number of aryl methyl sites for hydroxylation is 2. The lowest BCUT2D eigenvalue weighted by Gasteiger charge is -2.06. The summed E-state index contributed by atoms with van der Waals surface area (Å²) < 4.78 is 4.30. The van der Waals surface area contributed by atoms with Gasteiger partial charge in [0.25, 0.3) is 0 Å². The van der Waals surface area contributed by atoms with Crippen LogP contribution < -0.4 is 0 Å². The molecule has 34 heavy (non-hydrogen) atoms. The predicted molar refractivity (Wildman–Crippen MR) is 166 cm³/mol. The molecule has 0 nitrogen and oxygen atoms in total. The summed E-state index contributed by atoms with van der Waals surface area (Å²) in [4.78, 5) is 0. The summed E-state index contributed by atoms with van der Waals surface area (Å²) >= 11 is 11.7. The standard InChI is InChI=1S/C30H50Br2S2/c1-3-5-7-9-11-13-15-17-19-21-23-25-27-26(29(32)34-30(27)33-28(25)31)24-22-20-18-16-14-12-10-8-6-4-2/h3-24H2,1-2H3. The lowest BCUT2D eigenvalue weighted by Crippen LogP contribution is -1.90.